The van der Waals surface area contributed by atoms with Crippen LogP contribution in [0.3, 0.4) is 0 Å². The highest BCUT2D eigenvalue weighted by Crippen LogP contribution is 2.25. The van der Waals surface area contributed by atoms with E-state index in [-0.39, 0.29) is 5.41 Å². The summed E-state index contributed by atoms with van der Waals surface area (Å²) < 4.78 is 0. The van der Waals surface area contributed by atoms with Gasteiger partial charge in [0.05, 0.1) is 0 Å². The highest BCUT2D eigenvalue weighted by atomic mass is 16.3. The number of aliphatic hydroxyl groups excluding tert-OH is 1. The molecule has 2 nitrogen and oxygen atoms in total. The molecule has 0 saturated heterocycles. The van der Waals surface area contributed by atoms with E-state index in [1.807, 2.05) is 26.2 Å². The second-order valence-corrected chi connectivity index (χ2v) is 5.21. The Morgan fingerprint density at radius 2 is 1.80 bits per heavy atom. The Morgan fingerprint density at radius 3 is 2.27 bits per heavy atom. The Labute approximate surface area is 92.5 Å². The molecule has 0 saturated carbocycles. The molecule has 0 fully saturated rings. The summed E-state index contributed by atoms with van der Waals surface area (Å²) in [6, 6.07) is 8.14. The minimum atomic E-state index is -0.521. The van der Waals surface area contributed by atoms with Crippen molar-refractivity contribution in [3.05, 3.63) is 35.4 Å². The van der Waals surface area contributed by atoms with Crippen molar-refractivity contribution in [2.24, 2.45) is 0 Å². The SMILES string of the molecule is CN(C)C(O)c1cccc(C(C)(C)C)c1. The maximum absolute atomic E-state index is 9.91. The predicted molar refractivity (Wildman–Crippen MR) is 63.8 cm³/mol. The molecule has 1 N–H and O–H groups in total. The number of hydrogen-bond acceptors (Lipinski definition) is 2. The van der Waals surface area contributed by atoms with Crippen LogP contribution < -0.4 is 0 Å². The fourth-order valence-electron chi connectivity index (χ4n) is 1.46. The summed E-state index contributed by atoms with van der Waals surface area (Å²) in [7, 11) is 3.74. The van der Waals surface area contributed by atoms with Gasteiger partial charge in [-0.05, 0) is 30.6 Å². The van der Waals surface area contributed by atoms with Gasteiger partial charge in [-0.3, -0.25) is 4.90 Å². The smallest absolute Gasteiger partial charge is 0.133 e. The highest BCUT2D eigenvalue weighted by molar-refractivity contribution is 5.29. The molecule has 1 atom stereocenters. The zero-order valence-corrected chi connectivity index (χ0v) is 10.3. The van der Waals surface area contributed by atoms with E-state index in [9.17, 15) is 5.11 Å². The van der Waals surface area contributed by atoms with E-state index in [1.165, 1.54) is 5.56 Å². The van der Waals surface area contributed by atoms with Crippen LogP contribution >= 0.6 is 0 Å². The first kappa shape index (κ1) is 12.2. The van der Waals surface area contributed by atoms with Gasteiger partial charge in [-0.2, -0.15) is 0 Å². The van der Waals surface area contributed by atoms with Crippen LogP contribution in [-0.4, -0.2) is 24.1 Å². The highest BCUT2D eigenvalue weighted by Gasteiger charge is 2.16. The molecule has 1 rings (SSSR count). The molecular weight excluding hydrogens is 186 g/mol. The van der Waals surface area contributed by atoms with Gasteiger partial charge in [0.15, 0.2) is 0 Å². The molecule has 0 aliphatic rings. The first-order chi connectivity index (χ1) is 6.82. The molecule has 2 heteroatoms. The van der Waals surface area contributed by atoms with Crippen molar-refractivity contribution in [3.63, 3.8) is 0 Å². The lowest BCUT2D eigenvalue weighted by atomic mass is 9.86. The zero-order valence-electron chi connectivity index (χ0n) is 10.3. The van der Waals surface area contributed by atoms with Crippen molar-refractivity contribution in [2.45, 2.75) is 32.4 Å². The fourth-order valence-corrected chi connectivity index (χ4v) is 1.46. The van der Waals surface area contributed by atoms with Crippen molar-refractivity contribution >= 4 is 0 Å². The summed E-state index contributed by atoms with van der Waals surface area (Å²) in [5.41, 5.74) is 2.33. The summed E-state index contributed by atoms with van der Waals surface area (Å²) >= 11 is 0. The lowest BCUT2D eigenvalue weighted by Gasteiger charge is -2.23. The van der Waals surface area contributed by atoms with E-state index in [0.717, 1.165) is 5.56 Å². The molecule has 1 unspecified atom stereocenters. The molecule has 0 aliphatic carbocycles. The Bertz CT molecular complexity index is 326. The summed E-state index contributed by atoms with van der Waals surface area (Å²) in [6.45, 7) is 6.52. The minimum Gasteiger partial charge on any atom is -0.374 e. The van der Waals surface area contributed by atoms with E-state index in [4.69, 9.17) is 0 Å². The molecule has 84 valence electrons. The topological polar surface area (TPSA) is 23.5 Å². The molecule has 1 aromatic rings. The molecule has 0 bridgehead atoms. The fraction of sp³-hybridized carbons (Fsp3) is 0.538. The lowest BCUT2D eigenvalue weighted by molar-refractivity contribution is 0.0394. The van der Waals surface area contributed by atoms with Crippen LogP contribution in [0.25, 0.3) is 0 Å². The molecule has 1 aromatic carbocycles. The third kappa shape index (κ3) is 3.05. The van der Waals surface area contributed by atoms with Gasteiger partial charge < -0.3 is 5.11 Å². The standard InChI is InChI=1S/C13H21NO/c1-13(2,3)11-8-6-7-10(9-11)12(15)14(4)5/h6-9,12,15H,1-5H3. The summed E-state index contributed by atoms with van der Waals surface area (Å²) in [6.07, 6.45) is -0.521. The summed E-state index contributed by atoms with van der Waals surface area (Å²) in [5, 5.41) is 9.91. The maximum Gasteiger partial charge on any atom is 0.133 e. The number of benzene rings is 1. The van der Waals surface area contributed by atoms with Gasteiger partial charge in [0.2, 0.25) is 0 Å². The van der Waals surface area contributed by atoms with Gasteiger partial charge in [0, 0.05) is 0 Å². The molecule has 0 heterocycles. The molecule has 15 heavy (non-hydrogen) atoms. The van der Waals surface area contributed by atoms with Crippen LogP contribution in [-0.2, 0) is 5.41 Å². The number of rotatable bonds is 2. The van der Waals surface area contributed by atoms with Gasteiger partial charge in [0.1, 0.15) is 6.23 Å². The first-order valence-electron chi connectivity index (χ1n) is 5.27. The van der Waals surface area contributed by atoms with Crippen LogP contribution in [0.2, 0.25) is 0 Å². The van der Waals surface area contributed by atoms with E-state index in [1.54, 1.807) is 4.90 Å². The second-order valence-electron chi connectivity index (χ2n) is 5.21. The minimum absolute atomic E-state index is 0.127. The van der Waals surface area contributed by atoms with Crippen LogP contribution in [0, 0.1) is 0 Å². The van der Waals surface area contributed by atoms with Crippen LogP contribution in [0.4, 0.5) is 0 Å². The number of nitrogens with zero attached hydrogens (tertiary/aromatic N) is 1. The van der Waals surface area contributed by atoms with Gasteiger partial charge in [0.25, 0.3) is 0 Å². The van der Waals surface area contributed by atoms with Crippen molar-refractivity contribution in [3.8, 4) is 0 Å². The molecule has 0 aliphatic heterocycles. The first-order valence-corrected chi connectivity index (χ1v) is 5.27. The number of aliphatic hydroxyl groups is 1. The molecule has 0 aromatic heterocycles. The third-order valence-corrected chi connectivity index (χ3v) is 2.54. The Morgan fingerprint density at radius 1 is 1.20 bits per heavy atom. The zero-order chi connectivity index (χ0) is 11.6. The van der Waals surface area contributed by atoms with Crippen molar-refractivity contribution in [1.29, 1.82) is 0 Å². The average Bonchev–Trinajstić information content (AvgIpc) is 2.15. The normalized spacial score (nSPS) is 14.3. The third-order valence-electron chi connectivity index (χ3n) is 2.54. The Kier molecular flexibility index (Phi) is 3.53. The van der Waals surface area contributed by atoms with Gasteiger partial charge in [-0.15, -0.1) is 0 Å². The van der Waals surface area contributed by atoms with Gasteiger partial charge in [-0.1, -0.05) is 45.0 Å². The van der Waals surface area contributed by atoms with Crippen LogP contribution in [0.1, 0.15) is 38.1 Å². The number of hydrogen-bond donors (Lipinski definition) is 1. The van der Waals surface area contributed by atoms with Gasteiger partial charge in [-0.25, -0.2) is 0 Å². The Balaban J connectivity index is 3.03. The molecule has 0 spiro atoms. The van der Waals surface area contributed by atoms with E-state index in [0.29, 0.717) is 0 Å². The molecule has 0 amide bonds. The second kappa shape index (κ2) is 4.33. The molecule has 0 radical (unpaired) electrons. The summed E-state index contributed by atoms with van der Waals surface area (Å²) in [5.74, 6) is 0. The van der Waals surface area contributed by atoms with E-state index < -0.39 is 6.23 Å². The van der Waals surface area contributed by atoms with Crippen molar-refractivity contribution in [2.75, 3.05) is 14.1 Å². The Hall–Kier alpha value is -0.860. The van der Waals surface area contributed by atoms with Crippen LogP contribution in [0.15, 0.2) is 24.3 Å². The quantitative estimate of drug-likeness (QED) is 0.753. The van der Waals surface area contributed by atoms with Crippen LogP contribution in [0.5, 0.6) is 0 Å². The summed E-state index contributed by atoms with van der Waals surface area (Å²) in [4.78, 5) is 1.79. The monoisotopic (exact) mass is 207 g/mol. The van der Waals surface area contributed by atoms with Crippen molar-refractivity contribution in [1.82, 2.24) is 4.90 Å². The van der Waals surface area contributed by atoms with Gasteiger partial charge >= 0.3 is 0 Å². The van der Waals surface area contributed by atoms with E-state index >= 15 is 0 Å². The maximum atomic E-state index is 9.91. The average molecular weight is 207 g/mol. The lowest BCUT2D eigenvalue weighted by Crippen LogP contribution is -2.20. The molecular formula is C13H21NO. The largest absolute Gasteiger partial charge is 0.374 e. The van der Waals surface area contributed by atoms with Crippen molar-refractivity contribution < 1.29 is 5.11 Å². The van der Waals surface area contributed by atoms with E-state index in [2.05, 4.69) is 32.9 Å². The predicted octanol–water partition coefficient (Wildman–Crippen LogP) is 2.54.